The van der Waals surface area contributed by atoms with E-state index in [0.29, 0.717) is 0 Å². The molecular formula is C9H12ClNO. The first-order valence-electron chi connectivity index (χ1n) is 3.78. The Morgan fingerprint density at radius 1 is 1.50 bits per heavy atom. The van der Waals surface area contributed by atoms with Gasteiger partial charge in [0.25, 0.3) is 0 Å². The van der Waals surface area contributed by atoms with Gasteiger partial charge in [0.15, 0.2) is 0 Å². The van der Waals surface area contributed by atoms with Crippen LogP contribution in [0.25, 0.3) is 0 Å². The molecule has 1 atom stereocenters. The van der Waals surface area contributed by atoms with E-state index in [9.17, 15) is 0 Å². The number of hydrogen-bond donors (Lipinski definition) is 1. The molecule has 0 saturated carbocycles. The first kappa shape index (κ1) is 9.36. The molecule has 1 rings (SSSR count). The molecule has 0 bridgehead atoms. The van der Waals surface area contributed by atoms with Crippen molar-refractivity contribution < 1.29 is 4.74 Å². The van der Waals surface area contributed by atoms with Gasteiger partial charge in [-0.05, 0) is 36.4 Å². The lowest BCUT2D eigenvalue weighted by molar-refractivity contribution is 0.414. The topological polar surface area (TPSA) is 21.3 Å². The third-order valence-electron chi connectivity index (χ3n) is 1.76. The minimum Gasteiger partial charge on any atom is -0.497 e. The minimum absolute atomic E-state index is 0.141. The zero-order valence-corrected chi connectivity index (χ0v) is 7.93. The number of hydrogen-bond acceptors (Lipinski definition) is 2. The van der Waals surface area contributed by atoms with E-state index in [4.69, 9.17) is 16.5 Å². The highest BCUT2D eigenvalue weighted by molar-refractivity contribution is 6.13. The molecule has 0 aliphatic heterocycles. The van der Waals surface area contributed by atoms with Crippen molar-refractivity contribution in [3.05, 3.63) is 29.8 Å². The van der Waals surface area contributed by atoms with Gasteiger partial charge in [0.2, 0.25) is 0 Å². The average molecular weight is 186 g/mol. The summed E-state index contributed by atoms with van der Waals surface area (Å²) in [5.74, 6) is 0.853. The highest BCUT2D eigenvalue weighted by Crippen LogP contribution is 2.18. The number of halogens is 1. The number of benzene rings is 1. The molecule has 66 valence electrons. The van der Waals surface area contributed by atoms with Crippen molar-refractivity contribution >= 4 is 11.8 Å². The lowest BCUT2D eigenvalue weighted by Gasteiger charge is -2.09. The van der Waals surface area contributed by atoms with Crippen LogP contribution in [0, 0.1) is 0 Å². The van der Waals surface area contributed by atoms with E-state index < -0.39 is 0 Å². The van der Waals surface area contributed by atoms with Gasteiger partial charge in [-0.1, -0.05) is 12.1 Å². The van der Waals surface area contributed by atoms with E-state index in [-0.39, 0.29) is 6.04 Å². The Labute approximate surface area is 77.6 Å². The molecule has 2 nitrogen and oxygen atoms in total. The van der Waals surface area contributed by atoms with Gasteiger partial charge in [0.1, 0.15) is 5.75 Å². The Morgan fingerprint density at radius 3 is 2.83 bits per heavy atom. The highest BCUT2D eigenvalue weighted by Gasteiger charge is 2.03. The van der Waals surface area contributed by atoms with Crippen molar-refractivity contribution in [2.75, 3.05) is 7.11 Å². The highest BCUT2D eigenvalue weighted by atomic mass is 35.5. The maximum Gasteiger partial charge on any atom is 0.119 e. The molecule has 0 aliphatic carbocycles. The van der Waals surface area contributed by atoms with Gasteiger partial charge in [-0.3, -0.25) is 0 Å². The maximum atomic E-state index is 5.49. The predicted octanol–water partition coefficient (Wildman–Crippen LogP) is 2.50. The third-order valence-corrected chi connectivity index (χ3v) is 2.08. The fraction of sp³-hybridized carbons (Fsp3) is 0.333. The van der Waals surface area contributed by atoms with E-state index in [1.165, 1.54) is 0 Å². The summed E-state index contributed by atoms with van der Waals surface area (Å²) in [6.45, 7) is 1.99. The standard InChI is InChI=1S/C9H12ClNO/c1-7(11-10)8-4-3-5-9(6-8)12-2/h3-7,11H,1-2H3/t7-/m0/s1. The molecule has 0 amide bonds. The van der Waals surface area contributed by atoms with Crippen LogP contribution in [0.2, 0.25) is 0 Å². The van der Waals surface area contributed by atoms with Gasteiger partial charge in [-0.25, -0.2) is 4.84 Å². The predicted molar refractivity (Wildman–Crippen MR) is 50.4 cm³/mol. The molecule has 0 spiro atoms. The zero-order chi connectivity index (χ0) is 8.97. The Hall–Kier alpha value is -0.730. The molecule has 0 aliphatic rings. The van der Waals surface area contributed by atoms with Crippen LogP contribution in [-0.4, -0.2) is 7.11 Å². The molecule has 0 unspecified atom stereocenters. The second-order valence-electron chi connectivity index (χ2n) is 2.61. The summed E-state index contributed by atoms with van der Waals surface area (Å²) in [6, 6.07) is 7.95. The van der Waals surface area contributed by atoms with Crippen molar-refractivity contribution in [2.24, 2.45) is 0 Å². The summed E-state index contributed by atoms with van der Waals surface area (Å²) in [7, 11) is 1.65. The number of methoxy groups -OCH3 is 1. The largest absolute Gasteiger partial charge is 0.497 e. The molecule has 12 heavy (non-hydrogen) atoms. The van der Waals surface area contributed by atoms with Crippen LogP contribution in [-0.2, 0) is 0 Å². The van der Waals surface area contributed by atoms with E-state index in [2.05, 4.69) is 4.84 Å². The third kappa shape index (κ3) is 2.13. The number of ether oxygens (including phenoxy) is 1. The second kappa shape index (κ2) is 4.33. The first-order valence-corrected chi connectivity index (χ1v) is 4.16. The number of nitrogens with one attached hydrogen (secondary N) is 1. The molecule has 0 heterocycles. The van der Waals surface area contributed by atoms with Gasteiger partial charge >= 0.3 is 0 Å². The van der Waals surface area contributed by atoms with Crippen LogP contribution in [0.5, 0.6) is 5.75 Å². The van der Waals surface area contributed by atoms with Crippen molar-refractivity contribution in [3.63, 3.8) is 0 Å². The quantitative estimate of drug-likeness (QED) is 0.731. The van der Waals surface area contributed by atoms with E-state index >= 15 is 0 Å². The van der Waals surface area contributed by atoms with Gasteiger partial charge in [-0.2, -0.15) is 0 Å². The second-order valence-corrected chi connectivity index (χ2v) is 2.83. The molecule has 3 heteroatoms. The minimum atomic E-state index is 0.141. The molecule has 0 fully saturated rings. The Kier molecular flexibility index (Phi) is 3.38. The summed E-state index contributed by atoms with van der Waals surface area (Å²) in [5.41, 5.74) is 1.12. The molecule has 0 aromatic heterocycles. The summed E-state index contributed by atoms with van der Waals surface area (Å²) >= 11 is 5.49. The van der Waals surface area contributed by atoms with Crippen LogP contribution in [0.3, 0.4) is 0 Å². The van der Waals surface area contributed by atoms with E-state index in [1.807, 2.05) is 31.2 Å². The maximum absolute atomic E-state index is 5.49. The monoisotopic (exact) mass is 185 g/mol. The van der Waals surface area contributed by atoms with Crippen LogP contribution in [0.4, 0.5) is 0 Å². The fourth-order valence-electron chi connectivity index (χ4n) is 0.974. The molecule has 1 aromatic carbocycles. The molecule has 1 N–H and O–H groups in total. The Balaban J connectivity index is 2.86. The van der Waals surface area contributed by atoms with Crippen LogP contribution in [0.15, 0.2) is 24.3 Å². The molecule has 1 aromatic rings. The average Bonchev–Trinajstić information content (AvgIpc) is 2.17. The summed E-state index contributed by atoms with van der Waals surface area (Å²) < 4.78 is 5.08. The molecule has 0 radical (unpaired) electrons. The van der Waals surface area contributed by atoms with Crippen molar-refractivity contribution in [3.8, 4) is 5.75 Å². The van der Waals surface area contributed by atoms with Crippen LogP contribution >= 0.6 is 11.8 Å². The van der Waals surface area contributed by atoms with Gasteiger partial charge < -0.3 is 4.74 Å². The first-order chi connectivity index (χ1) is 5.77. The smallest absolute Gasteiger partial charge is 0.119 e. The SMILES string of the molecule is COc1cccc([C@H](C)NCl)c1. The lowest BCUT2D eigenvalue weighted by atomic mass is 10.1. The van der Waals surface area contributed by atoms with Crippen LogP contribution < -0.4 is 9.57 Å². The van der Waals surface area contributed by atoms with Crippen molar-refractivity contribution in [2.45, 2.75) is 13.0 Å². The normalized spacial score (nSPS) is 12.6. The summed E-state index contributed by atoms with van der Waals surface area (Å²) in [5, 5.41) is 0. The zero-order valence-electron chi connectivity index (χ0n) is 7.17. The molecule has 0 saturated heterocycles. The van der Waals surface area contributed by atoms with Crippen molar-refractivity contribution in [1.29, 1.82) is 0 Å². The Morgan fingerprint density at radius 2 is 2.25 bits per heavy atom. The Bertz CT molecular complexity index is 252. The lowest BCUT2D eigenvalue weighted by Crippen LogP contribution is -2.06. The fourth-order valence-corrected chi connectivity index (χ4v) is 1.10. The van der Waals surface area contributed by atoms with Crippen LogP contribution in [0.1, 0.15) is 18.5 Å². The summed E-state index contributed by atoms with van der Waals surface area (Å²) in [4.78, 5) is 2.65. The van der Waals surface area contributed by atoms with E-state index in [1.54, 1.807) is 7.11 Å². The van der Waals surface area contributed by atoms with E-state index in [0.717, 1.165) is 11.3 Å². The molecular weight excluding hydrogens is 174 g/mol. The van der Waals surface area contributed by atoms with Crippen molar-refractivity contribution in [1.82, 2.24) is 4.84 Å². The van der Waals surface area contributed by atoms with Gasteiger partial charge in [0, 0.05) is 6.04 Å². The van der Waals surface area contributed by atoms with Gasteiger partial charge in [0.05, 0.1) is 7.11 Å². The summed E-state index contributed by atoms with van der Waals surface area (Å²) in [6.07, 6.45) is 0. The number of rotatable bonds is 3. The van der Waals surface area contributed by atoms with Gasteiger partial charge in [-0.15, -0.1) is 0 Å².